The van der Waals surface area contributed by atoms with Crippen LogP contribution in [0.3, 0.4) is 0 Å². The number of carbonyl (C=O) groups excluding carboxylic acids is 1. The van der Waals surface area contributed by atoms with Crippen molar-refractivity contribution >= 4 is 40.5 Å². The Morgan fingerprint density at radius 1 is 1.24 bits per heavy atom. The van der Waals surface area contributed by atoms with Gasteiger partial charge in [0.05, 0.1) is 5.92 Å². The molecule has 1 aromatic carbocycles. The van der Waals surface area contributed by atoms with Crippen molar-refractivity contribution in [2.45, 2.75) is 12.3 Å². The van der Waals surface area contributed by atoms with E-state index in [9.17, 15) is 4.79 Å². The van der Waals surface area contributed by atoms with E-state index in [0.717, 1.165) is 17.8 Å². The summed E-state index contributed by atoms with van der Waals surface area (Å²) in [5.41, 5.74) is 2.19. The number of benzene rings is 1. The first-order chi connectivity index (χ1) is 10.2. The molecule has 1 aliphatic rings. The van der Waals surface area contributed by atoms with Crippen LogP contribution >= 0.6 is 23.2 Å². The minimum Gasteiger partial charge on any atom is -0.385 e. The molecule has 2 aromatic rings. The van der Waals surface area contributed by atoms with Crippen molar-refractivity contribution in [3.05, 3.63) is 46.5 Å². The van der Waals surface area contributed by atoms with Crippen LogP contribution in [0.15, 0.2) is 30.6 Å². The third-order valence-corrected chi connectivity index (χ3v) is 3.98. The van der Waals surface area contributed by atoms with E-state index in [4.69, 9.17) is 23.2 Å². The van der Waals surface area contributed by atoms with Gasteiger partial charge in [-0.25, -0.2) is 9.97 Å². The van der Waals surface area contributed by atoms with Crippen LogP contribution in [0.1, 0.15) is 17.9 Å². The number of hydrogen-bond donors (Lipinski definition) is 2. The van der Waals surface area contributed by atoms with Crippen molar-refractivity contribution in [1.82, 2.24) is 9.97 Å². The fraction of sp³-hybridized carbons (Fsp3) is 0.214. The highest BCUT2D eigenvalue weighted by atomic mass is 35.5. The van der Waals surface area contributed by atoms with Gasteiger partial charge in [0, 0.05) is 12.2 Å². The Kier molecular flexibility index (Phi) is 3.94. The summed E-state index contributed by atoms with van der Waals surface area (Å²) in [6.45, 7) is 0.738. The van der Waals surface area contributed by atoms with Crippen LogP contribution < -0.4 is 10.6 Å². The first-order valence-electron chi connectivity index (χ1n) is 6.46. The third kappa shape index (κ3) is 2.80. The molecule has 5 nitrogen and oxygen atoms in total. The molecular weight excluding hydrogens is 311 g/mol. The highest BCUT2D eigenvalue weighted by Gasteiger charge is 2.27. The standard InChI is InChI=1S/C14H12Cl2N4O/c15-12-11(13(16)19-7-18-12)20-14(21)9-5-6-17-10-4-2-1-3-8(9)10/h1-4,7,9,17H,5-6H2,(H,20,21). The van der Waals surface area contributed by atoms with E-state index in [0.29, 0.717) is 6.42 Å². The van der Waals surface area contributed by atoms with E-state index in [1.165, 1.54) is 6.33 Å². The summed E-state index contributed by atoms with van der Waals surface area (Å²) in [6, 6.07) is 7.75. The predicted molar refractivity (Wildman–Crippen MR) is 83.0 cm³/mol. The Labute approximate surface area is 131 Å². The van der Waals surface area contributed by atoms with Gasteiger partial charge in [-0.15, -0.1) is 0 Å². The van der Waals surface area contributed by atoms with Gasteiger partial charge in [-0.1, -0.05) is 41.4 Å². The zero-order valence-corrected chi connectivity index (χ0v) is 12.4. The molecule has 1 aliphatic heterocycles. The van der Waals surface area contributed by atoms with Gasteiger partial charge in [0.2, 0.25) is 5.91 Å². The summed E-state index contributed by atoms with van der Waals surface area (Å²) in [4.78, 5) is 20.2. The summed E-state index contributed by atoms with van der Waals surface area (Å²) in [5, 5.41) is 6.27. The highest BCUT2D eigenvalue weighted by molar-refractivity contribution is 6.38. The molecule has 1 amide bonds. The van der Waals surface area contributed by atoms with E-state index >= 15 is 0 Å². The molecule has 0 spiro atoms. The monoisotopic (exact) mass is 322 g/mol. The topological polar surface area (TPSA) is 66.9 Å². The number of halogens is 2. The minimum atomic E-state index is -0.255. The lowest BCUT2D eigenvalue weighted by molar-refractivity contribution is -0.117. The second kappa shape index (κ2) is 5.87. The van der Waals surface area contributed by atoms with E-state index in [1.807, 2.05) is 24.3 Å². The number of para-hydroxylation sites is 1. The number of anilines is 2. The maximum Gasteiger partial charge on any atom is 0.232 e. The number of carbonyl (C=O) groups is 1. The molecule has 0 radical (unpaired) electrons. The number of rotatable bonds is 2. The van der Waals surface area contributed by atoms with Crippen LogP contribution in [0.5, 0.6) is 0 Å². The van der Waals surface area contributed by atoms with E-state index in [-0.39, 0.29) is 27.8 Å². The van der Waals surface area contributed by atoms with Gasteiger partial charge in [-0.2, -0.15) is 0 Å². The average molecular weight is 323 g/mol. The Morgan fingerprint density at radius 2 is 1.95 bits per heavy atom. The van der Waals surface area contributed by atoms with Crippen molar-refractivity contribution < 1.29 is 4.79 Å². The molecule has 2 heterocycles. The quantitative estimate of drug-likeness (QED) is 0.832. The first kappa shape index (κ1) is 14.1. The Balaban J connectivity index is 1.87. The molecule has 0 saturated carbocycles. The predicted octanol–water partition coefficient (Wildman–Crippen LogP) is 3.32. The number of nitrogens with one attached hydrogen (secondary N) is 2. The van der Waals surface area contributed by atoms with Crippen LogP contribution in [0.4, 0.5) is 11.4 Å². The molecule has 108 valence electrons. The maximum atomic E-state index is 12.5. The zero-order chi connectivity index (χ0) is 14.8. The molecule has 0 saturated heterocycles. The molecule has 0 aliphatic carbocycles. The fourth-order valence-corrected chi connectivity index (χ4v) is 2.81. The summed E-state index contributed by atoms with van der Waals surface area (Å²) in [6.07, 6.45) is 1.95. The summed E-state index contributed by atoms with van der Waals surface area (Å²) >= 11 is 11.9. The second-order valence-electron chi connectivity index (χ2n) is 4.67. The second-order valence-corrected chi connectivity index (χ2v) is 5.39. The average Bonchev–Trinajstić information content (AvgIpc) is 2.50. The van der Waals surface area contributed by atoms with Gasteiger partial charge in [0.25, 0.3) is 0 Å². The molecule has 1 atom stereocenters. The molecule has 1 unspecified atom stereocenters. The van der Waals surface area contributed by atoms with Gasteiger partial charge in [0.15, 0.2) is 10.3 Å². The van der Waals surface area contributed by atoms with Crippen molar-refractivity contribution in [3.8, 4) is 0 Å². The zero-order valence-electron chi connectivity index (χ0n) is 10.9. The van der Waals surface area contributed by atoms with Gasteiger partial charge >= 0.3 is 0 Å². The maximum absolute atomic E-state index is 12.5. The largest absolute Gasteiger partial charge is 0.385 e. The number of fused-ring (bicyclic) bond motifs is 1. The van der Waals surface area contributed by atoms with E-state index in [2.05, 4.69) is 20.6 Å². The molecule has 3 rings (SSSR count). The van der Waals surface area contributed by atoms with Crippen LogP contribution in [0.2, 0.25) is 10.3 Å². The molecule has 2 N–H and O–H groups in total. The lowest BCUT2D eigenvalue weighted by Crippen LogP contribution is -2.27. The number of aromatic nitrogens is 2. The normalized spacial score (nSPS) is 16.8. The molecule has 0 fully saturated rings. The Hall–Kier alpha value is -1.85. The number of hydrogen-bond acceptors (Lipinski definition) is 4. The Morgan fingerprint density at radius 3 is 2.71 bits per heavy atom. The minimum absolute atomic E-state index is 0.130. The smallest absolute Gasteiger partial charge is 0.232 e. The van der Waals surface area contributed by atoms with Gasteiger partial charge < -0.3 is 10.6 Å². The summed E-state index contributed by atoms with van der Waals surface area (Å²) in [7, 11) is 0. The molecule has 7 heteroatoms. The highest BCUT2D eigenvalue weighted by Crippen LogP contribution is 2.33. The van der Waals surface area contributed by atoms with Crippen LogP contribution in [0.25, 0.3) is 0 Å². The summed E-state index contributed by atoms with van der Waals surface area (Å²) in [5.74, 6) is -0.419. The number of amides is 1. The van der Waals surface area contributed by atoms with Crippen molar-refractivity contribution in [1.29, 1.82) is 0 Å². The van der Waals surface area contributed by atoms with Crippen molar-refractivity contribution in [3.63, 3.8) is 0 Å². The third-order valence-electron chi connectivity index (χ3n) is 3.40. The molecule has 21 heavy (non-hydrogen) atoms. The summed E-state index contributed by atoms with van der Waals surface area (Å²) < 4.78 is 0. The molecule has 1 aromatic heterocycles. The molecule has 0 bridgehead atoms. The van der Waals surface area contributed by atoms with E-state index < -0.39 is 0 Å². The van der Waals surface area contributed by atoms with Crippen molar-refractivity contribution in [2.24, 2.45) is 0 Å². The van der Waals surface area contributed by atoms with Crippen LogP contribution in [-0.2, 0) is 4.79 Å². The van der Waals surface area contributed by atoms with E-state index in [1.54, 1.807) is 0 Å². The number of nitrogens with zero attached hydrogens (tertiary/aromatic N) is 2. The van der Waals surface area contributed by atoms with Crippen LogP contribution in [-0.4, -0.2) is 22.4 Å². The first-order valence-corrected chi connectivity index (χ1v) is 7.22. The van der Waals surface area contributed by atoms with Crippen molar-refractivity contribution in [2.75, 3.05) is 17.2 Å². The van der Waals surface area contributed by atoms with Gasteiger partial charge in [0.1, 0.15) is 12.0 Å². The lowest BCUT2D eigenvalue weighted by Gasteiger charge is -2.26. The van der Waals surface area contributed by atoms with Crippen LogP contribution in [0, 0.1) is 0 Å². The Bertz CT molecular complexity index is 672. The van der Waals surface area contributed by atoms with Gasteiger partial charge in [-0.3, -0.25) is 4.79 Å². The molecular formula is C14H12Cl2N4O. The lowest BCUT2D eigenvalue weighted by atomic mass is 9.90. The SMILES string of the molecule is O=C(Nc1c(Cl)ncnc1Cl)C1CCNc2ccccc21. The van der Waals surface area contributed by atoms with Gasteiger partial charge in [-0.05, 0) is 18.1 Å². The fourth-order valence-electron chi connectivity index (χ4n) is 2.40.